The fraction of sp³-hybridized carbons (Fsp3) is 0.188. The number of hydrogen-bond donors (Lipinski definition) is 0. The number of ketones is 1. The molecule has 5 heteroatoms. The molecule has 0 aliphatic heterocycles. The molecule has 0 N–H and O–H groups in total. The summed E-state index contributed by atoms with van der Waals surface area (Å²) in [6.45, 7) is 0. The lowest BCUT2D eigenvalue weighted by atomic mass is 10.0. The number of hydrogen-bond acceptors (Lipinski definition) is 3. The third-order valence-electron chi connectivity index (χ3n) is 3.07. The predicted molar refractivity (Wildman–Crippen MR) is 81.7 cm³/mol. The minimum absolute atomic E-state index is 0.127. The Labute approximate surface area is 130 Å². The van der Waals surface area contributed by atoms with Crippen molar-refractivity contribution in [1.82, 2.24) is 0 Å². The van der Waals surface area contributed by atoms with E-state index in [2.05, 4.69) is 15.9 Å². The van der Waals surface area contributed by atoms with Crippen molar-refractivity contribution in [3.05, 3.63) is 57.8 Å². The highest BCUT2D eigenvalue weighted by Crippen LogP contribution is 2.32. The average Bonchev–Trinajstić information content (AvgIpc) is 2.49. The van der Waals surface area contributed by atoms with Gasteiger partial charge in [-0.05, 0) is 29.8 Å². The van der Waals surface area contributed by atoms with E-state index in [0.717, 1.165) is 0 Å². The van der Waals surface area contributed by atoms with Crippen molar-refractivity contribution in [3.63, 3.8) is 0 Å². The molecule has 0 fully saturated rings. The molecular weight excluding hydrogens is 339 g/mol. The Kier molecular flexibility index (Phi) is 4.96. The Morgan fingerprint density at radius 2 is 1.95 bits per heavy atom. The standard InChI is InChI=1S/C16H14BrFO3/c1-20-15-5-3-4-12(16(15)21-2)14(19)8-10-6-7-11(18)9-13(10)17/h3-7,9H,8H2,1-2H3. The topological polar surface area (TPSA) is 35.5 Å². The van der Waals surface area contributed by atoms with Crippen LogP contribution in [0.2, 0.25) is 0 Å². The molecule has 0 amide bonds. The zero-order chi connectivity index (χ0) is 15.4. The summed E-state index contributed by atoms with van der Waals surface area (Å²) < 4.78 is 24.1. The Hall–Kier alpha value is -1.88. The van der Waals surface area contributed by atoms with Crippen LogP contribution < -0.4 is 9.47 Å². The molecule has 0 unspecified atom stereocenters. The molecule has 0 aliphatic rings. The highest BCUT2D eigenvalue weighted by Gasteiger charge is 2.17. The van der Waals surface area contributed by atoms with E-state index in [9.17, 15) is 9.18 Å². The van der Waals surface area contributed by atoms with E-state index in [4.69, 9.17) is 9.47 Å². The van der Waals surface area contributed by atoms with Crippen molar-refractivity contribution in [2.24, 2.45) is 0 Å². The molecule has 0 spiro atoms. The van der Waals surface area contributed by atoms with E-state index >= 15 is 0 Å². The van der Waals surface area contributed by atoms with Gasteiger partial charge in [-0.3, -0.25) is 4.79 Å². The Balaban J connectivity index is 2.32. The lowest BCUT2D eigenvalue weighted by Crippen LogP contribution is -2.07. The molecule has 0 radical (unpaired) electrons. The molecule has 0 saturated carbocycles. The first-order valence-electron chi connectivity index (χ1n) is 6.25. The summed E-state index contributed by atoms with van der Waals surface area (Å²) >= 11 is 3.26. The smallest absolute Gasteiger partial charge is 0.171 e. The van der Waals surface area contributed by atoms with E-state index in [1.54, 1.807) is 24.3 Å². The van der Waals surface area contributed by atoms with Crippen molar-refractivity contribution in [1.29, 1.82) is 0 Å². The Morgan fingerprint density at radius 1 is 1.19 bits per heavy atom. The summed E-state index contributed by atoms with van der Waals surface area (Å²) in [5.74, 6) is 0.430. The maximum absolute atomic E-state index is 13.1. The molecular formula is C16H14BrFO3. The summed E-state index contributed by atoms with van der Waals surface area (Å²) in [5, 5.41) is 0. The van der Waals surface area contributed by atoms with Gasteiger partial charge in [0.1, 0.15) is 5.82 Å². The molecule has 0 aromatic heterocycles. The highest BCUT2D eigenvalue weighted by molar-refractivity contribution is 9.10. The lowest BCUT2D eigenvalue weighted by molar-refractivity contribution is 0.0989. The molecule has 0 heterocycles. The first-order chi connectivity index (χ1) is 10.1. The monoisotopic (exact) mass is 352 g/mol. The second-order valence-corrected chi connectivity index (χ2v) is 5.23. The molecule has 2 aromatic rings. The van der Waals surface area contributed by atoms with E-state index < -0.39 is 0 Å². The SMILES string of the molecule is COc1cccc(C(=O)Cc2ccc(F)cc2Br)c1OC. The van der Waals surface area contributed by atoms with Crippen LogP contribution in [0.5, 0.6) is 11.5 Å². The lowest BCUT2D eigenvalue weighted by Gasteiger charge is -2.12. The first-order valence-corrected chi connectivity index (χ1v) is 7.04. The third-order valence-corrected chi connectivity index (χ3v) is 3.81. The van der Waals surface area contributed by atoms with Gasteiger partial charge in [0, 0.05) is 10.9 Å². The minimum atomic E-state index is -0.350. The highest BCUT2D eigenvalue weighted by atomic mass is 79.9. The van der Waals surface area contributed by atoms with Crippen LogP contribution in [0.25, 0.3) is 0 Å². The maximum Gasteiger partial charge on any atom is 0.171 e. The predicted octanol–water partition coefficient (Wildman–Crippen LogP) is 4.03. The summed E-state index contributed by atoms with van der Waals surface area (Å²) in [5.41, 5.74) is 1.15. The number of carbonyl (C=O) groups is 1. The molecule has 2 rings (SSSR count). The molecule has 0 bridgehead atoms. The number of benzene rings is 2. The van der Waals surface area contributed by atoms with E-state index in [0.29, 0.717) is 27.1 Å². The number of rotatable bonds is 5. The number of para-hydroxylation sites is 1. The average molecular weight is 353 g/mol. The normalized spacial score (nSPS) is 10.3. The Morgan fingerprint density at radius 3 is 2.57 bits per heavy atom. The van der Waals surface area contributed by atoms with Gasteiger partial charge in [0.25, 0.3) is 0 Å². The molecule has 2 aromatic carbocycles. The second-order valence-electron chi connectivity index (χ2n) is 4.38. The van der Waals surface area contributed by atoms with Crippen LogP contribution >= 0.6 is 15.9 Å². The second kappa shape index (κ2) is 6.72. The zero-order valence-electron chi connectivity index (χ0n) is 11.7. The summed E-state index contributed by atoms with van der Waals surface area (Å²) in [6.07, 6.45) is 0.143. The molecule has 0 saturated heterocycles. The Bertz CT molecular complexity index is 671. The third kappa shape index (κ3) is 3.42. The fourth-order valence-electron chi connectivity index (χ4n) is 2.04. The van der Waals surface area contributed by atoms with Gasteiger partial charge < -0.3 is 9.47 Å². The van der Waals surface area contributed by atoms with E-state index in [-0.39, 0.29) is 18.0 Å². The minimum Gasteiger partial charge on any atom is -0.493 e. The summed E-state index contributed by atoms with van der Waals surface area (Å²) in [4.78, 5) is 12.4. The van der Waals surface area contributed by atoms with Crippen LogP contribution in [0.1, 0.15) is 15.9 Å². The first kappa shape index (κ1) is 15.5. The van der Waals surface area contributed by atoms with Crippen molar-refractivity contribution in [2.45, 2.75) is 6.42 Å². The number of ether oxygens (including phenoxy) is 2. The largest absolute Gasteiger partial charge is 0.493 e. The van der Waals surface area contributed by atoms with Gasteiger partial charge in [0.2, 0.25) is 0 Å². The van der Waals surface area contributed by atoms with Crippen molar-refractivity contribution >= 4 is 21.7 Å². The van der Waals surface area contributed by atoms with E-state index in [1.165, 1.54) is 26.4 Å². The van der Waals surface area contributed by atoms with Crippen LogP contribution in [-0.2, 0) is 6.42 Å². The number of halogens is 2. The van der Waals surface area contributed by atoms with Crippen LogP contribution in [0.3, 0.4) is 0 Å². The zero-order valence-corrected chi connectivity index (χ0v) is 13.2. The molecule has 3 nitrogen and oxygen atoms in total. The van der Waals surface area contributed by atoms with Gasteiger partial charge in [-0.25, -0.2) is 4.39 Å². The van der Waals surface area contributed by atoms with E-state index in [1.807, 2.05) is 0 Å². The molecule has 0 atom stereocenters. The van der Waals surface area contributed by atoms with Gasteiger partial charge in [-0.1, -0.05) is 28.1 Å². The molecule has 21 heavy (non-hydrogen) atoms. The van der Waals surface area contributed by atoms with Gasteiger partial charge in [0.05, 0.1) is 19.8 Å². The van der Waals surface area contributed by atoms with Crippen LogP contribution in [0, 0.1) is 5.82 Å². The van der Waals surface area contributed by atoms with Gasteiger partial charge in [0.15, 0.2) is 17.3 Å². The number of carbonyl (C=O) groups excluding carboxylic acids is 1. The van der Waals surface area contributed by atoms with Crippen molar-refractivity contribution in [3.8, 4) is 11.5 Å². The number of methoxy groups -OCH3 is 2. The summed E-state index contributed by atoms with van der Waals surface area (Å²) in [6, 6.07) is 9.39. The van der Waals surface area contributed by atoms with Crippen LogP contribution in [-0.4, -0.2) is 20.0 Å². The number of Topliss-reactive ketones (excluding diaryl/α,β-unsaturated/α-hetero) is 1. The van der Waals surface area contributed by atoms with Gasteiger partial charge in [-0.15, -0.1) is 0 Å². The molecule has 110 valence electrons. The van der Waals surface area contributed by atoms with Crippen LogP contribution in [0.15, 0.2) is 40.9 Å². The molecule has 0 aliphatic carbocycles. The maximum atomic E-state index is 13.1. The fourth-order valence-corrected chi connectivity index (χ4v) is 2.53. The van der Waals surface area contributed by atoms with Gasteiger partial charge in [-0.2, -0.15) is 0 Å². The van der Waals surface area contributed by atoms with Crippen molar-refractivity contribution in [2.75, 3.05) is 14.2 Å². The summed E-state index contributed by atoms with van der Waals surface area (Å²) in [7, 11) is 3.01. The van der Waals surface area contributed by atoms with Crippen molar-refractivity contribution < 1.29 is 18.7 Å². The van der Waals surface area contributed by atoms with Gasteiger partial charge >= 0.3 is 0 Å². The quantitative estimate of drug-likeness (QED) is 0.762. The van der Waals surface area contributed by atoms with Crippen LogP contribution in [0.4, 0.5) is 4.39 Å².